The van der Waals surface area contributed by atoms with Crippen LogP contribution in [0.15, 0.2) is 102 Å². The van der Waals surface area contributed by atoms with Crippen molar-refractivity contribution in [3.63, 3.8) is 0 Å². The lowest BCUT2D eigenvalue weighted by atomic mass is 9.99. The number of aryl methyl sites for hydroxylation is 1. The van der Waals surface area contributed by atoms with E-state index in [2.05, 4.69) is 67.7 Å². The first-order valence-corrected chi connectivity index (χ1v) is 20.8. The standard InChI is InChI=1S/C42H51N3O6Si/c1-42(2,3)52(4,5)51-38(34-20-22-37(46)40-35(34)21-23-39(47)45-40)28-43-25-24-29-14-17-32(18-15-29)50-26-10-9-11-30-16-19-33(31-12-7-6-8-13-31)36(27-30)44-41(48)49/h6-8,12-23,27,38,43-44,46H,9-11,24-26,28H2,1-5H3,(H,45,47)(H,48,49)/t38-/m1/s1. The number of aromatic nitrogens is 1. The second kappa shape index (κ2) is 17.1. The number of rotatable bonds is 16. The fraction of sp³-hybridized carbons (Fsp3) is 0.333. The van der Waals surface area contributed by atoms with Crippen molar-refractivity contribution in [1.82, 2.24) is 10.3 Å². The Morgan fingerprint density at radius 1 is 0.885 bits per heavy atom. The number of ether oxygens (including phenoxy) is 1. The minimum Gasteiger partial charge on any atom is -0.506 e. The lowest BCUT2D eigenvalue weighted by Gasteiger charge is -2.39. The molecule has 52 heavy (non-hydrogen) atoms. The van der Waals surface area contributed by atoms with Gasteiger partial charge >= 0.3 is 6.09 Å². The van der Waals surface area contributed by atoms with Crippen molar-refractivity contribution in [2.45, 2.75) is 70.7 Å². The molecular weight excluding hydrogens is 671 g/mol. The Bertz CT molecular complexity index is 2010. The van der Waals surface area contributed by atoms with Gasteiger partial charge in [-0.1, -0.05) is 81.4 Å². The molecule has 0 aliphatic rings. The van der Waals surface area contributed by atoms with Crippen molar-refractivity contribution < 1.29 is 24.2 Å². The Hall–Kier alpha value is -4.90. The summed E-state index contributed by atoms with van der Waals surface area (Å²) in [5.74, 6) is 0.871. The highest BCUT2D eigenvalue weighted by molar-refractivity contribution is 6.74. The summed E-state index contributed by atoms with van der Waals surface area (Å²) in [4.78, 5) is 26.2. The van der Waals surface area contributed by atoms with E-state index in [4.69, 9.17) is 9.16 Å². The predicted molar refractivity (Wildman–Crippen MR) is 212 cm³/mol. The molecule has 1 heterocycles. The predicted octanol–water partition coefficient (Wildman–Crippen LogP) is 9.29. The zero-order valence-electron chi connectivity index (χ0n) is 30.8. The molecule has 0 fully saturated rings. The molecule has 0 aliphatic carbocycles. The normalized spacial score (nSPS) is 12.5. The first-order valence-electron chi connectivity index (χ1n) is 17.9. The van der Waals surface area contributed by atoms with Gasteiger partial charge in [0, 0.05) is 23.6 Å². The summed E-state index contributed by atoms with van der Waals surface area (Å²) in [6.45, 7) is 13.0. The average molecular weight is 722 g/mol. The molecule has 0 bridgehead atoms. The average Bonchev–Trinajstić information content (AvgIpc) is 3.10. The number of fused-ring (bicyclic) bond motifs is 1. The van der Waals surface area contributed by atoms with Crippen molar-refractivity contribution in [1.29, 1.82) is 0 Å². The monoisotopic (exact) mass is 721 g/mol. The van der Waals surface area contributed by atoms with Crippen LogP contribution in [0.1, 0.15) is 56.4 Å². The smallest absolute Gasteiger partial charge is 0.409 e. The van der Waals surface area contributed by atoms with Crippen LogP contribution in [0.4, 0.5) is 10.5 Å². The van der Waals surface area contributed by atoms with Crippen LogP contribution in [0.3, 0.4) is 0 Å². The third-order valence-corrected chi connectivity index (χ3v) is 14.4. The van der Waals surface area contributed by atoms with E-state index in [1.54, 1.807) is 12.1 Å². The maximum absolute atomic E-state index is 12.0. The Balaban J connectivity index is 1.11. The third-order valence-electron chi connectivity index (χ3n) is 9.88. The van der Waals surface area contributed by atoms with Gasteiger partial charge in [0.1, 0.15) is 11.5 Å². The number of H-pyrrole nitrogens is 1. The second-order valence-corrected chi connectivity index (χ2v) is 19.5. The summed E-state index contributed by atoms with van der Waals surface area (Å²) in [7, 11) is -2.16. The van der Waals surface area contributed by atoms with Crippen LogP contribution in [-0.4, -0.2) is 49.3 Å². The number of unbranched alkanes of at least 4 members (excludes halogenated alkanes) is 1. The number of hydrogen-bond donors (Lipinski definition) is 5. The molecule has 1 atom stereocenters. The molecule has 274 valence electrons. The molecule has 0 saturated carbocycles. The van der Waals surface area contributed by atoms with Crippen molar-refractivity contribution in [3.8, 4) is 22.6 Å². The number of aromatic amines is 1. The van der Waals surface area contributed by atoms with Gasteiger partial charge in [-0.05, 0) is 103 Å². The van der Waals surface area contributed by atoms with Gasteiger partial charge in [-0.2, -0.15) is 0 Å². The number of carboxylic acid groups (broad SMARTS) is 1. The van der Waals surface area contributed by atoms with Crippen LogP contribution < -0.4 is 20.9 Å². The number of carbonyl (C=O) groups is 1. The van der Waals surface area contributed by atoms with Gasteiger partial charge < -0.3 is 29.7 Å². The number of phenols is 1. The highest BCUT2D eigenvalue weighted by atomic mass is 28.4. The zero-order chi connectivity index (χ0) is 37.3. The summed E-state index contributed by atoms with van der Waals surface area (Å²) in [5, 5.41) is 26.8. The van der Waals surface area contributed by atoms with E-state index in [-0.39, 0.29) is 22.5 Å². The molecule has 9 nitrogen and oxygen atoms in total. The van der Waals surface area contributed by atoms with E-state index in [1.165, 1.54) is 11.6 Å². The molecule has 4 aromatic carbocycles. The summed E-state index contributed by atoms with van der Waals surface area (Å²) >= 11 is 0. The van der Waals surface area contributed by atoms with E-state index >= 15 is 0 Å². The highest BCUT2D eigenvalue weighted by Crippen LogP contribution is 2.41. The SMILES string of the molecule is CC(C)(C)[Si](C)(C)O[C@H](CNCCc1ccc(OCCCCc2ccc(-c3ccccc3)c(NC(=O)O)c2)cc1)c1ccc(O)c2[nH]c(=O)ccc12. The Morgan fingerprint density at radius 2 is 1.62 bits per heavy atom. The van der Waals surface area contributed by atoms with Crippen molar-refractivity contribution in [2.75, 3.05) is 25.0 Å². The molecule has 5 aromatic rings. The fourth-order valence-electron chi connectivity index (χ4n) is 5.96. The lowest BCUT2D eigenvalue weighted by molar-refractivity contribution is 0.182. The van der Waals surface area contributed by atoms with Crippen LogP contribution in [0.5, 0.6) is 11.5 Å². The number of pyridine rings is 1. The number of hydrogen-bond acceptors (Lipinski definition) is 6. The van der Waals surface area contributed by atoms with Crippen LogP contribution in [0.25, 0.3) is 22.0 Å². The Morgan fingerprint density at radius 3 is 2.33 bits per heavy atom. The van der Waals surface area contributed by atoms with Crippen LogP contribution >= 0.6 is 0 Å². The van der Waals surface area contributed by atoms with Gasteiger partial charge in [0.05, 0.1) is 23.9 Å². The van der Waals surface area contributed by atoms with Crippen LogP contribution in [0, 0.1) is 0 Å². The minimum atomic E-state index is -2.16. The molecule has 0 unspecified atom stereocenters. The summed E-state index contributed by atoms with van der Waals surface area (Å²) in [5.41, 5.74) is 5.78. The number of benzene rings is 4. The third kappa shape index (κ3) is 10.1. The molecule has 0 spiro atoms. The van der Waals surface area contributed by atoms with Gasteiger partial charge in [-0.25, -0.2) is 4.79 Å². The minimum absolute atomic E-state index is 0.0102. The maximum atomic E-state index is 12.0. The van der Waals surface area contributed by atoms with Gasteiger partial charge in [-0.3, -0.25) is 10.1 Å². The summed E-state index contributed by atoms with van der Waals surface area (Å²) in [6.07, 6.45) is 2.10. The summed E-state index contributed by atoms with van der Waals surface area (Å²) in [6, 6.07) is 30.7. The van der Waals surface area contributed by atoms with Crippen molar-refractivity contribution in [3.05, 3.63) is 124 Å². The van der Waals surface area contributed by atoms with E-state index in [9.17, 15) is 19.8 Å². The number of phenolic OH excluding ortho intramolecular Hbond substituents is 1. The van der Waals surface area contributed by atoms with E-state index in [0.29, 0.717) is 24.4 Å². The van der Waals surface area contributed by atoms with Gasteiger partial charge in [-0.15, -0.1) is 0 Å². The molecule has 1 amide bonds. The molecule has 1 aromatic heterocycles. The Labute approximate surface area is 307 Å². The number of amides is 1. The molecular formula is C42H51N3O6Si. The quantitative estimate of drug-likeness (QED) is 0.0507. The molecule has 0 saturated heterocycles. The fourth-order valence-corrected chi connectivity index (χ4v) is 7.24. The van der Waals surface area contributed by atoms with E-state index in [1.807, 2.05) is 60.7 Å². The topological polar surface area (TPSA) is 133 Å². The van der Waals surface area contributed by atoms with Gasteiger partial charge in [0.25, 0.3) is 0 Å². The molecule has 5 N–H and O–H groups in total. The van der Waals surface area contributed by atoms with Crippen molar-refractivity contribution in [2.24, 2.45) is 0 Å². The molecule has 0 aliphatic heterocycles. The number of anilines is 1. The zero-order valence-corrected chi connectivity index (χ0v) is 31.8. The maximum Gasteiger partial charge on any atom is 0.409 e. The first kappa shape index (κ1) is 38.3. The Kier molecular flexibility index (Phi) is 12.6. The van der Waals surface area contributed by atoms with Crippen molar-refractivity contribution >= 4 is 31.0 Å². The largest absolute Gasteiger partial charge is 0.506 e. The number of nitrogens with one attached hydrogen (secondary N) is 3. The lowest BCUT2D eigenvalue weighted by Crippen LogP contribution is -2.43. The molecule has 5 rings (SSSR count). The van der Waals surface area contributed by atoms with E-state index < -0.39 is 14.4 Å². The second-order valence-electron chi connectivity index (χ2n) is 14.7. The van der Waals surface area contributed by atoms with Gasteiger partial charge in [0.15, 0.2) is 8.32 Å². The highest BCUT2D eigenvalue weighted by Gasteiger charge is 2.39. The van der Waals surface area contributed by atoms with Crippen LogP contribution in [0.2, 0.25) is 18.1 Å². The number of aromatic hydroxyl groups is 1. The first-order chi connectivity index (χ1) is 24.8. The molecule has 10 heteroatoms. The van der Waals surface area contributed by atoms with Crippen LogP contribution in [-0.2, 0) is 17.3 Å². The molecule has 0 radical (unpaired) electrons. The van der Waals surface area contributed by atoms with E-state index in [0.717, 1.165) is 65.6 Å². The van der Waals surface area contributed by atoms with Gasteiger partial charge in [0.2, 0.25) is 5.56 Å². The summed E-state index contributed by atoms with van der Waals surface area (Å²) < 4.78 is 12.9.